The Morgan fingerprint density at radius 2 is 1.77 bits per heavy atom. The van der Waals surface area contributed by atoms with Gasteiger partial charge in [0.05, 0.1) is 29.6 Å². The average molecular weight is 439 g/mol. The maximum absolute atomic E-state index is 12.5. The molecular formula is C22H22N4O4S. The summed E-state index contributed by atoms with van der Waals surface area (Å²) in [4.78, 5) is 17.1. The van der Waals surface area contributed by atoms with Crippen LogP contribution < -0.4 is 19.5 Å². The van der Waals surface area contributed by atoms with E-state index in [9.17, 15) is 4.79 Å². The van der Waals surface area contributed by atoms with E-state index >= 15 is 0 Å². The van der Waals surface area contributed by atoms with E-state index < -0.39 is 0 Å². The van der Waals surface area contributed by atoms with Gasteiger partial charge in [0.2, 0.25) is 5.13 Å². The molecule has 0 aliphatic rings. The van der Waals surface area contributed by atoms with Crippen molar-refractivity contribution in [2.24, 2.45) is 0 Å². The van der Waals surface area contributed by atoms with E-state index in [1.165, 1.54) is 11.3 Å². The molecule has 0 saturated heterocycles. The number of carbonyl (C=O) groups is 1. The fourth-order valence-electron chi connectivity index (χ4n) is 2.97. The molecule has 1 N–H and O–H groups in total. The maximum atomic E-state index is 12.5. The predicted molar refractivity (Wildman–Crippen MR) is 120 cm³/mol. The zero-order valence-corrected chi connectivity index (χ0v) is 18.2. The number of benzene rings is 2. The Labute approximate surface area is 183 Å². The number of carbonyl (C=O) groups excluding carboxylic acids is 1. The first-order chi connectivity index (χ1) is 15.1. The number of amides is 1. The minimum absolute atomic E-state index is 0.130. The Hall–Kier alpha value is -3.59. The lowest BCUT2D eigenvalue weighted by atomic mass is 10.3. The summed E-state index contributed by atoms with van der Waals surface area (Å²) in [6.45, 7) is 4.25. The summed E-state index contributed by atoms with van der Waals surface area (Å²) >= 11 is 1.48. The highest BCUT2D eigenvalue weighted by Crippen LogP contribution is 2.29. The van der Waals surface area contributed by atoms with Crippen LogP contribution in [-0.2, 0) is 4.79 Å². The van der Waals surface area contributed by atoms with Gasteiger partial charge in [0.1, 0.15) is 23.1 Å². The van der Waals surface area contributed by atoms with Crippen LogP contribution in [0.4, 0.5) is 5.82 Å². The van der Waals surface area contributed by atoms with Gasteiger partial charge in [0, 0.05) is 12.1 Å². The number of hydrogen-bond donors (Lipinski definition) is 1. The van der Waals surface area contributed by atoms with Gasteiger partial charge in [-0.05, 0) is 50.2 Å². The molecule has 31 heavy (non-hydrogen) atoms. The quantitative estimate of drug-likeness (QED) is 0.443. The average Bonchev–Trinajstić information content (AvgIpc) is 3.35. The molecule has 0 aliphatic carbocycles. The number of nitrogens with zero attached hydrogens (tertiary/aromatic N) is 3. The van der Waals surface area contributed by atoms with E-state index in [0.29, 0.717) is 23.3 Å². The van der Waals surface area contributed by atoms with Crippen LogP contribution in [0.2, 0.25) is 0 Å². The van der Waals surface area contributed by atoms with Crippen molar-refractivity contribution in [2.75, 3.05) is 25.6 Å². The van der Waals surface area contributed by atoms with Crippen molar-refractivity contribution in [2.45, 2.75) is 13.8 Å². The Morgan fingerprint density at radius 3 is 2.48 bits per heavy atom. The molecule has 2 aromatic carbocycles. The van der Waals surface area contributed by atoms with Crippen molar-refractivity contribution in [1.29, 1.82) is 0 Å². The monoisotopic (exact) mass is 438 g/mol. The molecule has 1 amide bonds. The molecule has 4 aromatic rings. The molecule has 8 nitrogen and oxygen atoms in total. The van der Waals surface area contributed by atoms with Crippen LogP contribution in [0.3, 0.4) is 0 Å². The van der Waals surface area contributed by atoms with Gasteiger partial charge >= 0.3 is 0 Å². The van der Waals surface area contributed by atoms with E-state index in [0.717, 1.165) is 27.4 Å². The molecule has 160 valence electrons. The smallest absolute Gasteiger partial charge is 0.263 e. The molecule has 4 rings (SSSR count). The second-order valence-electron chi connectivity index (χ2n) is 6.65. The van der Waals surface area contributed by atoms with E-state index in [-0.39, 0.29) is 12.5 Å². The number of nitrogens with one attached hydrogen (secondary N) is 1. The molecule has 0 radical (unpaired) electrons. The molecule has 0 aliphatic heterocycles. The lowest BCUT2D eigenvalue weighted by Gasteiger charge is -2.09. The Morgan fingerprint density at radius 1 is 1.06 bits per heavy atom. The molecule has 0 atom stereocenters. The summed E-state index contributed by atoms with van der Waals surface area (Å²) in [6, 6.07) is 14.6. The van der Waals surface area contributed by atoms with Crippen molar-refractivity contribution in [3.05, 3.63) is 54.2 Å². The predicted octanol–water partition coefficient (Wildman–Crippen LogP) is 4.22. The molecule has 0 unspecified atom stereocenters. The summed E-state index contributed by atoms with van der Waals surface area (Å²) in [5, 5.41) is 7.99. The number of rotatable bonds is 8. The van der Waals surface area contributed by atoms with Crippen LogP contribution >= 0.6 is 11.3 Å². The first kappa shape index (κ1) is 20.7. The van der Waals surface area contributed by atoms with Crippen LogP contribution in [-0.4, -0.2) is 41.0 Å². The second kappa shape index (κ2) is 9.05. The minimum atomic E-state index is -0.294. The van der Waals surface area contributed by atoms with Gasteiger partial charge < -0.3 is 19.5 Å². The van der Waals surface area contributed by atoms with E-state index in [1.54, 1.807) is 42.1 Å². The van der Waals surface area contributed by atoms with Crippen LogP contribution in [0.5, 0.6) is 17.2 Å². The molecule has 0 spiro atoms. The van der Waals surface area contributed by atoms with Gasteiger partial charge in [0.25, 0.3) is 5.91 Å². The summed E-state index contributed by atoms with van der Waals surface area (Å²) in [5.41, 5.74) is 1.57. The normalized spacial score (nSPS) is 10.8. The summed E-state index contributed by atoms with van der Waals surface area (Å²) in [6.07, 6.45) is 0. The third-order valence-corrected chi connectivity index (χ3v) is 5.38. The van der Waals surface area contributed by atoms with Crippen molar-refractivity contribution in [3.8, 4) is 22.4 Å². The van der Waals surface area contributed by atoms with Crippen LogP contribution in [0.1, 0.15) is 12.6 Å². The highest BCUT2D eigenvalue weighted by atomic mass is 32.1. The summed E-state index contributed by atoms with van der Waals surface area (Å²) in [7, 11) is 1.62. The minimum Gasteiger partial charge on any atom is -0.497 e. The third-order valence-electron chi connectivity index (χ3n) is 4.37. The third kappa shape index (κ3) is 4.77. The number of methoxy groups -OCH3 is 1. The Bertz CT molecular complexity index is 1200. The van der Waals surface area contributed by atoms with Gasteiger partial charge in [-0.25, -0.2) is 4.98 Å². The fraction of sp³-hybridized carbons (Fsp3) is 0.227. The van der Waals surface area contributed by atoms with Crippen molar-refractivity contribution in [3.63, 3.8) is 0 Å². The molecule has 2 aromatic heterocycles. The van der Waals surface area contributed by atoms with Crippen LogP contribution in [0.25, 0.3) is 15.3 Å². The summed E-state index contributed by atoms with van der Waals surface area (Å²) < 4.78 is 18.9. The standard InChI is InChI=1S/C22H22N4O4S/c1-4-29-15-5-7-16(8-6-15)30-13-21(27)24-20-11-14(2)25-26(20)22-23-18-12-17(28-3)9-10-19(18)31-22/h5-12H,4,13H2,1-3H3,(H,24,27). The van der Waals surface area contributed by atoms with Crippen molar-refractivity contribution in [1.82, 2.24) is 14.8 Å². The first-order valence-corrected chi connectivity index (χ1v) is 10.5. The molecule has 9 heteroatoms. The van der Waals surface area contributed by atoms with Crippen LogP contribution in [0, 0.1) is 6.92 Å². The number of hydrogen-bond acceptors (Lipinski definition) is 7. The first-order valence-electron chi connectivity index (χ1n) is 9.73. The molecule has 2 heterocycles. The van der Waals surface area contributed by atoms with Crippen molar-refractivity contribution >= 4 is 33.3 Å². The van der Waals surface area contributed by atoms with Gasteiger partial charge in [-0.15, -0.1) is 0 Å². The molecule has 0 saturated carbocycles. The van der Waals surface area contributed by atoms with Gasteiger partial charge in [-0.3, -0.25) is 4.79 Å². The molecule has 0 bridgehead atoms. The van der Waals surface area contributed by atoms with Crippen LogP contribution in [0.15, 0.2) is 48.5 Å². The van der Waals surface area contributed by atoms with E-state index in [1.807, 2.05) is 32.0 Å². The van der Waals surface area contributed by atoms with Gasteiger partial charge in [-0.1, -0.05) is 11.3 Å². The second-order valence-corrected chi connectivity index (χ2v) is 7.66. The number of anilines is 1. The number of fused-ring (bicyclic) bond motifs is 1. The highest BCUT2D eigenvalue weighted by molar-refractivity contribution is 7.20. The largest absolute Gasteiger partial charge is 0.497 e. The Balaban J connectivity index is 1.46. The number of aromatic nitrogens is 3. The highest BCUT2D eigenvalue weighted by Gasteiger charge is 2.15. The maximum Gasteiger partial charge on any atom is 0.263 e. The number of aryl methyl sites for hydroxylation is 1. The molecular weight excluding hydrogens is 416 g/mol. The van der Waals surface area contributed by atoms with Crippen molar-refractivity contribution < 1.29 is 19.0 Å². The lowest BCUT2D eigenvalue weighted by molar-refractivity contribution is -0.118. The number of ether oxygens (including phenoxy) is 3. The lowest BCUT2D eigenvalue weighted by Crippen LogP contribution is -2.21. The topological polar surface area (TPSA) is 87.5 Å². The van der Waals surface area contributed by atoms with E-state index in [4.69, 9.17) is 14.2 Å². The van der Waals surface area contributed by atoms with Gasteiger partial charge in [-0.2, -0.15) is 9.78 Å². The molecule has 0 fully saturated rings. The zero-order chi connectivity index (χ0) is 21.8. The fourth-order valence-corrected chi connectivity index (χ4v) is 3.89. The Kier molecular flexibility index (Phi) is 6.03. The summed E-state index contributed by atoms with van der Waals surface area (Å²) in [5.74, 6) is 2.32. The number of thiazole rings is 1. The van der Waals surface area contributed by atoms with E-state index in [2.05, 4.69) is 15.4 Å². The zero-order valence-electron chi connectivity index (χ0n) is 17.4. The van der Waals surface area contributed by atoms with Gasteiger partial charge in [0.15, 0.2) is 6.61 Å². The SMILES string of the molecule is CCOc1ccc(OCC(=O)Nc2cc(C)nn2-c2nc3cc(OC)ccc3s2)cc1.